The van der Waals surface area contributed by atoms with Crippen LogP contribution in [0.1, 0.15) is 55.3 Å². The maximum absolute atomic E-state index is 13.6. The van der Waals surface area contributed by atoms with Gasteiger partial charge in [-0.1, -0.05) is 48.9 Å². The van der Waals surface area contributed by atoms with Gasteiger partial charge in [-0.15, -0.1) is 0 Å². The van der Waals surface area contributed by atoms with Crippen LogP contribution in [0.15, 0.2) is 48.5 Å². The molecule has 0 bridgehead atoms. The van der Waals surface area contributed by atoms with Crippen LogP contribution < -0.4 is 0 Å². The molecule has 2 fully saturated rings. The Morgan fingerprint density at radius 1 is 0.933 bits per heavy atom. The van der Waals surface area contributed by atoms with Crippen LogP contribution in [0.2, 0.25) is 0 Å². The number of rotatable bonds is 4. The minimum Gasteiger partial charge on any atom is -0.328 e. The molecule has 0 aromatic heterocycles. The SMILES string of the molecule is Cc1ccc(CN2C(=O)CN(C3CCC(C)CC3)C(=O)[C@@H]2c2ccc(F)cc2)cc1. The fourth-order valence-electron chi connectivity index (χ4n) is 4.65. The second kappa shape index (κ2) is 8.58. The minimum absolute atomic E-state index is 0.0483. The summed E-state index contributed by atoms with van der Waals surface area (Å²) in [6, 6.07) is 13.4. The van der Waals surface area contributed by atoms with Crippen molar-refractivity contribution in [2.45, 2.75) is 58.2 Å². The number of aryl methyl sites for hydroxylation is 1. The van der Waals surface area contributed by atoms with Crippen LogP contribution in [0.5, 0.6) is 0 Å². The first-order chi connectivity index (χ1) is 14.4. The molecule has 30 heavy (non-hydrogen) atoms. The van der Waals surface area contributed by atoms with Crippen molar-refractivity contribution in [2.75, 3.05) is 6.54 Å². The highest BCUT2D eigenvalue weighted by Crippen LogP contribution is 2.34. The lowest BCUT2D eigenvalue weighted by Gasteiger charge is -2.45. The summed E-state index contributed by atoms with van der Waals surface area (Å²) < 4.78 is 13.5. The average Bonchev–Trinajstić information content (AvgIpc) is 2.74. The van der Waals surface area contributed by atoms with Gasteiger partial charge in [0, 0.05) is 12.6 Å². The zero-order chi connectivity index (χ0) is 21.3. The average molecular weight is 409 g/mol. The molecular formula is C25H29FN2O2. The van der Waals surface area contributed by atoms with E-state index in [0.29, 0.717) is 18.0 Å². The lowest BCUT2D eigenvalue weighted by Crippen LogP contribution is -2.58. The van der Waals surface area contributed by atoms with E-state index in [0.717, 1.165) is 36.8 Å². The van der Waals surface area contributed by atoms with E-state index in [9.17, 15) is 14.0 Å². The molecular weight excluding hydrogens is 379 g/mol. The summed E-state index contributed by atoms with van der Waals surface area (Å²) in [5, 5.41) is 0. The predicted molar refractivity (Wildman–Crippen MR) is 114 cm³/mol. The number of carbonyl (C=O) groups excluding carboxylic acids is 2. The second-order valence-corrected chi connectivity index (χ2v) is 8.84. The molecule has 2 aromatic carbocycles. The number of amides is 2. The minimum atomic E-state index is -0.715. The summed E-state index contributed by atoms with van der Waals surface area (Å²) in [6.45, 7) is 4.75. The van der Waals surface area contributed by atoms with Crippen LogP contribution >= 0.6 is 0 Å². The number of piperazine rings is 1. The molecule has 1 heterocycles. The van der Waals surface area contributed by atoms with Crippen molar-refractivity contribution >= 4 is 11.8 Å². The van der Waals surface area contributed by atoms with Gasteiger partial charge in [-0.3, -0.25) is 9.59 Å². The summed E-state index contributed by atoms with van der Waals surface area (Å²) in [7, 11) is 0. The summed E-state index contributed by atoms with van der Waals surface area (Å²) in [6.07, 6.45) is 4.04. The van der Waals surface area contributed by atoms with Gasteiger partial charge in [0.25, 0.3) is 5.91 Å². The summed E-state index contributed by atoms with van der Waals surface area (Å²) >= 11 is 0. The molecule has 0 unspecified atom stereocenters. The van der Waals surface area contributed by atoms with E-state index in [1.165, 1.54) is 12.1 Å². The molecule has 0 N–H and O–H groups in total. The molecule has 158 valence electrons. The van der Waals surface area contributed by atoms with Crippen molar-refractivity contribution in [2.24, 2.45) is 5.92 Å². The molecule has 1 saturated carbocycles. The van der Waals surface area contributed by atoms with Crippen LogP contribution in [0.25, 0.3) is 0 Å². The Labute approximate surface area is 177 Å². The topological polar surface area (TPSA) is 40.6 Å². The molecule has 4 rings (SSSR count). The maximum Gasteiger partial charge on any atom is 0.250 e. The number of nitrogens with zero attached hydrogens (tertiary/aromatic N) is 2. The smallest absolute Gasteiger partial charge is 0.250 e. The van der Waals surface area contributed by atoms with Gasteiger partial charge in [-0.25, -0.2) is 4.39 Å². The first-order valence-electron chi connectivity index (χ1n) is 10.8. The fraction of sp³-hybridized carbons (Fsp3) is 0.440. The highest BCUT2D eigenvalue weighted by molar-refractivity contribution is 5.95. The van der Waals surface area contributed by atoms with Crippen molar-refractivity contribution < 1.29 is 14.0 Å². The standard InChI is InChI=1S/C25H29FN2O2/c1-17-3-7-19(8-4-17)15-28-23(29)16-27(22-13-5-18(2)6-14-22)25(30)24(28)20-9-11-21(26)12-10-20/h3-4,7-12,18,22,24H,5-6,13-16H2,1-2H3/t18?,22?,24-/m0/s1. The fourth-order valence-corrected chi connectivity index (χ4v) is 4.65. The largest absolute Gasteiger partial charge is 0.328 e. The Balaban J connectivity index is 1.65. The summed E-state index contributed by atoms with van der Waals surface area (Å²) in [5.74, 6) is 0.218. The Kier molecular flexibility index (Phi) is 5.89. The van der Waals surface area contributed by atoms with Crippen LogP contribution in [0.3, 0.4) is 0 Å². The number of carbonyl (C=O) groups is 2. The Morgan fingerprint density at radius 3 is 2.20 bits per heavy atom. The van der Waals surface area contributed by atoms with Crippen molar-refractivity contribution in [1.29, 1.82) is 0 Å². The Morgan fingerprint density at radius 2 is 1.57 bits per heavy atom. The third-order valence-corrected chi connectivity index (χ3v) is 6.54. The number of hydrogen-bond donors (Lipinski definition) is 0. The van der Waals surface area contributed by atoms with Crippen LogP contribution in [-0.2, 0) is 16.1 Å². The number of benzene rings is 2. The van der Waals surface area contributed by atoms with Gasteiger partial charge < -0.3 is 9.80 Å². The van der Waals surface area contributed by atoms with Gasteiger partial charge in [-0.2, -0.15) is 0 Å². The highest BCUT2D eigenvalue weighted by Gasteiger charge is 2.43. The van der Waals surface area contributed by atoms with E-state index < -0.39 is 6.04 Å². The second-order valence-electron chi connectivity index (χ2n) is 8.84. The summed E-state index contributed by atoms with van der Waals surface area (Å²) in [5.41, 5.74) is 2.79. The quantitative estimate of drug-likeness (QED) is 0.740. The molecule has 2 aromatic rings. The van der Waals surface area contributed by atoms with Crippen LogP contribution in [-0.4, -0.2) is 34.2 Å². The Hall–Kier alpha value is -2.69. The molecule has 2 amide bonds. The van der Waals surface area contributed by atoms with Crippen molar-refractivity contribution in [3.63, 3.8) is 0 Å². The van der Waals surface area contributed by atoms with Gasteiger partial charge in [0.15, 0.2) is 0 Å². The maximum atomic E-state index is 13.6. The summed E-state index contributed by atoms with van der Waals surface area (Å²) in [4.78, 5) is 30.3. The monoisotopic (exact) mass is 408 g/mol. The molecule has 1 atom stereocenters. The van der Waals surface area contributed by atoms with Crippen molar-refractivity contribution in [1.82, 2.24) is 9.80 Å². The first kappa shape index (κ1) is 20.6. The zero-order valence-corrected chi connectivity index (χ0v) is 17.7. The molecule has 2 aliphatic rings. The highest BCUT2D eigenvalue weighted by atomic mass is 19.1. The first-order valence-corrected chi connectivity index (χ1v) is 10.8. The lowest BCUT2D eigenvalue weighted by molar-refractivity contribution is -0.160. The van der Waals surface area contributed by atoms with Crippen LogP contribution in [0.4, 0.5) is 4.39 Å². The van der Waals surface area contributed by atoms with Gasteiger partial charge in [0.05, 0.1) is 0 Å². The van der Waals surface area contributed by atoms with E-state index in [-0.39, 0.29) is 30.2 Å². The van der Waals surface area contributed by atoms with E-state index in [2.05, 4.69) is 6.92 Å². The molecule has 5 heteroatoms. The predicted octanol–water partition coefficient (Wildman–Crippen LogP) is 4.62. The molecule has 1 saturated heterocycles. The zero-order valence-electron chi connectivity index (χ0n) is 17.7. The molecule has 0 radical (unpaired) electrons. The van der Waals surface area contributed by atoms with E-state index in [1.54, 1.807) is 21.9 Å². The molecule has 1 aliphatic carbocycles. The third kappa shape index (κ3) is 4.25. The number of hydrogen-bond acceptors (Lipinski definition) is 2. The van der Waals surface area contributed by atoms with E-state index in [1.807, 2.05) is 31.2 Å². The lowest BCUT2D eigenvalue weighted by atomic mass is 9.85. The van der Waals surface area contributed by atoms with Crippen molar-refractivity contribution in [3.8, 4) is 0 Å². The van der Waals surface area contributed by atoms with Crippen molar-refractivity contribution in [3.05, 3.63) is 71.0 Å². The third-order valence-electron chi connectivity index (χ3n) is 6.54. The van der Waals surface area contributed by atoms with Gasteiger partial charge in [0.1, 0.15) is 18.4 Å². The normalized spacial score (nSPS) is 25.0. The van der Waals surface area contributed by atoms with E-state index >= 15 is 0 Å². The van der Waals surface area contributed by atoms with E-state index in [4.69, 9.17) is 0 Å². The van der Waals surface area contributed by atoms with Gasteiger partial charge >= 0.3 is 0 Å². The van der Waals surface area contributed by atoms with Crippen LogP contribution in [0, 0.1) is 18.7 Å². The molecule has 4 nitrogen and oxygen atoms in total. The van der Waals surface area contributed by atoms with Gasteiger partial charge in [-0.05, 0) is 61.8 Å². The number of halogens is 1. The van der Waals surface area contributed by atoms with Gasteiger partial charge in [0.2, 0.25) is 5.91 Å². The molecule has 1 aliphatic heterocycles. The Bertz CT molecular complexity index is 902. The molecule has 0 spiro atoms.